The predicted molar refractivity (Wildman–Crippen MR) is 66.3 cm³/mol. The Hall–Kier alpha value is -0.810. The smallest absolute Gasteiger partial charge is 0.258 e. The Morgan fingerprint density at radius 2 is 2.31 bits per heavy atom. The average molecular weight is 261 g/mol. The van der Waals surface area contributed by atoms with Gasteiger partial charge in [-0.05, 0) is 19.4 Å². The lowest BCUT2D eigenvalue weighted by Gasteiger charge is -2.08. The van der Waals surface area contributed by atoms with Crippen LogP contribution in [0.2, 0.25) is 0 Å². The monoisotopic (exact) mass is 260 g/mol. The van der Waals surface area contributed by atoms with Crippen LogP contribution >= 0.6 is 23.4 Å². The van der Waals surface area contributed by atoms with Crippen molar-refractivity contribution in [3.05, 3.63) is 27.9 Å². The van der Waals surface area contributed by atoms with Crippen LogP contribution in [0.15, 0.2) is 17.2 Å². The molecule has 4 nitrogen and oxygen atoms in total. The second-order valence-electron chi connectivity index (χ2n) is 3.44. The zero-order valence-corrected chi connectivity index (χ0v) is 10.7. The fourth-order valence-electron chi connectivity index (χ4n) is 1.15. The number of halogens is 1. The van der Waals surface area contributed by atoms with Gasteiger partial charge in [-0.1, -0.05) is 18.7 Å². The van der Waals surface area contributed by atoms with Crippen LogP contribution in [0, 0.1) is 17.0 Å². The molecule has 0 fully saturated rings. The molecule has 1 aromatic heterocycles. The van der Waals surface area contributed by atoms with Gasteiger partial charge in [0.25, 0.3) is 0 Å². The summed E-state index contributed by atoms with van der Waals surface area (Å²) in [4.78, 5) is 14.6. The van der Waals surface area contributed by atoms with Gasteiger partial charge in [0.05, 0.1) is 4.92 Å². The molecule has 0 saturated carbocycles. The number of nitrogens with zero attached hydrogens (tertiary/aromatic N) is 2. The summed E-state index contributed by atoms with van der Waals surface area (Å²) in [5.74, 6) is 0.549. The highest BCUT2D eigenvalue weighted by molar-refractivity contribution is 8.00. The Labute approximate surface area is 104 Å². The topological polar surface area (TPSA) is 56.0 Å². The van der Waals surface area contributed by atoms with E-state index in [4.69, 9.17) is 11.6 Å². The third kappa shape index (κ3) is 3.64. The van der Waals surface area contributed by atoms with E-state index in [2.05, 4.69) is 4.98 Å². The molecule has 0 aliphatic rings. The van der Waals surface area contributed by atoms with Crippen LogP contribution in [-0.2, 0) is 0 Å². The van der Waals surface area contributed by atoms with Gasteiger partial charge in [-0.15, -0.1) is 11.6 Å². The van der Waals surface area contributed by atoms with Crippen molar-refractivity contribution in [2.24, 2.45) is 0 Å². The quantitative estimate of drug-likeness (QED) is 0.352. The summed E-state index contributed by atoms with van der Waals surface area (Å²) in [6.45, 7) is 3.81. The van der Waals surface area contributed by atoms with Gasteiger partial charge in [-0.2, -0.15) is 0 Å². The van der Waals surface area contributed by atoms with Crippen LogP contribution in [0.5, 0.6) is 0 Å². The maximum absolute atomic E-state index is 10.8. The highest BCUT2D eigenvalue weighted by Crippen LogP contribution is 2.31. The normalized spacial score (nSPS) is 12.4. The Bertz CT molecular complexity index is 387. The summed E-state index contributed by atoms with van der Waals surface area (Å²) in [6, 6.07) is 3.15. The molecular weight excluding hydrogens is 248 g/mol. The summed E-state index contributed by atoms with van der Waals surface area (Å²) in [5.41, 5.74) is 0.850. The van der Waals surface area contributed by atoms with E-state index in [0.717, 1.165) is 12.1 Å². The Morgan fingerprint density at radius 1 is 1.62 bits per heavy atom. The number of thioether (sulfide) groups is 1. The first-order valence-corrected chi connectivity index (χ1v) is 6.30. The van der Waals surface area contributed by atoms with Gasteiger partial charge in [-0.3, -0.25) is 10.1 Å². The molecule has 1 heterocycles. The number of alkyl halides is 1. The van der Waals surface area contributed by atoms with Gasteiger partial charge in [0.1, 0.15) is 0 Å². The van der Waals surface area contributed by atoms with Crippen molar-refractivity contribution < 1.29 is 4.92 Å². The first-order valence-electron chi connectivity index (χ1n) is 4.89. The lowest BCUT2D eigenvalue weighted by molar-refractivity contribution is -0.388. The third-order valence-corrected chi connectivity index (χ3v) is 3.38. The lowest BCUT2D eigenvalue weighted by Crippen LogP contribution is -2.01. The van der Waals surface area contributed by atoms with Crippen molar-refractivity contribution >= 4 is 29.1 Å². The van der Waals surface area contributed by atoms with E-state index in [9.17, 15) is 10.1 Å². The summed E-state index contributed by atoms with van der Waals surface area (Å²) >= 11 is 7.03. The predicted octanol–water partition coefficient (Wildman–Crippen LogP) is 3.41. The highest BCUT2D eigenvalue weighted by Gasteiger charge is 2.18. The molecule has 1 aromatic rings. The molecule has 0 aliphatic carbocycles. The Morgan fingerprint density at radius 3 is 2.88 bits per heavy atom. The van der Waals surface area contributed by atoms with Crippen molar-refractivity contribution in [1.82, 2.24) is 4.98 Å². The van der Waals surface area contributed by atoms with Gasteiger partial charge in [0, 0.05) is 22.9 Å². The van der Waals surface area contributed by atoms with Gasteiger partial charge in [0.2, 0.25) is 0 Å². The molecule has 16 heavy (non-hydrogen) atoms. The van der Waals surface area contributed by atoms with Crippen LogP contribution < -0.4 is 0 Å². The Balaban J connectivity index is 2.92. The summed E-state index contributed by atoms with van der Waals surface area (Å²) < 4.78 is 0. The molecule has 0 spiro atoms. The zero-order chi connectivity index (χ0) is 12.1. The minimum Gasteiger partial charge on any atom is -0.258 e. The van der Waals surface area contributed by atoms with E-state index in [-0.39, 0.29) is 10.9 Å². The summed E-state index contributed by atoms with van der Waals surface area (Å²) in [7, 11) is 0. The fourth-order valence-corrected chi connectivity index (χ4v) is 2.69. The molecule has 0 saturated heterocycles. The van der Waals surface area contributed by atoms with E-state index >= 15 is 0 Å². The summed E-state index contributed by atoms with van der Waals surface area (Å²) in [6.07, 6.45) is 0.805. The lowest BCUT2D eigenvalue weighted by atomic mass is 10.3. The van der Waals surface area contributed by atoms with Gasteiger partial charge < -0.3 is 0 Å². The van der Waals surface area contributed by atoms with E-state index in [1.807, 2.05) is 13.8 Å². The van der Waals surface area contributed by atoms with E-state index < -0.39 is 4.92 Å². The standard InChI is InChI=1S/C10H13ClN2O2S/c1-7-3-4-9(13(14)15)10(12-7)16-8(2)5-6-11/h3-4,8H,5-6H2,1-2H3. The molecule has 0 amide bonds. The minimum atomic E-state index is -0.401. The van der Waals surface area contributed by atoms with E-state index in [1.54, 1.807) is 6.07 Å². The van der Waals surface area contributed by atoms with Crippen LogP contribution in [0.4, 0.5) is 5.69 Å². The third-order valence-electron chi connectivity index (χ3n) is 2.00. The number of rotatable bonds is 5. The molecule has 0 radical (unpaired) electrons. The van der Waals surface area contributed by atoms with Crippen molar-refractivity contribution in [2.75, 3.05) is 5.88 Å². The van der Waals surface area contributed by atoms with Gasteiger partial charge in [0.15, 0.2) is 5.03 Å². The second-order valence-corrected chi connectivity index (χ2v) is 5.25. The number of pyridine rings is 1. The molecule has 0 N–H and O–H groups in total. The molecule has 1 rings (SSSR count). The summed E-state index contributed by atoms with van der Waals surface area (Å²) in [5, 5.41) is 11.5. The van der Waals surface area contributed by atoms with Crippen LogP contribution in [0.25, 0.3) is 0 Å². The number of aromatic nitrogens is 1. The maximum Gasteiger partial charge on any atom is 0.301 e. The molecule has 1 unspecified atom stereocenters. The number of hydrogen-bond donors (Lipinski definition) is 0. The van der Waals surface area contributed by atoms with Gasteiger partial charge in [-0.25, -0.2) is 4.98 Å². The fraction of sp³-hybridized carbons (Fsp3) is 0.500. The van der Waals surface area contributed by atoms with Crippen molar-refractivity contribution in [3.8, 4) is 0 Å². The molecule has 88 valence electrons. The number of nitro groups is 1. The molecular formula is C10H13ClN2O2S. The van der Waals surface area contributed by atoms with Crippen LogP contribution in [-0.4, -0.2) is 21.0 Å². The molecule has 0 aromatic carbocycles. The van der Waals surface area contributed by atoms with Crippen molar-refractivity contribution in [1.29, 1.82) is 0 Å². The van der Waals surface area contributed by atoms with Crippen LogP contribution in [0.1, 0.15) is 19.0 Å². The van der Waals surface area contributed by atoms with Crippen molar-refractivity contribution in [3.63, 3.8) is 0 Å². The molecule has 0 aliphatic heterocycles. The maximum atomic E-state index is 10.8. The molecule has 1 atom stereocenters. The average Bonchev–Trinajstić information content (AvgIpc) is 2.17. The molecule has 6 heteroatoms. The largest absolute Gasteiger partial charge is 0.301 e. The van der Waals surface area contributed by atoms with E-state index in [1.165, 1.54) is 17.8 Å². The number of aryl methyl sites for hydroxylation is 1. The van der Waals surface area contributed by atoms with Crippen LogP contribution in [0.3, 0.4) is 0 Å². The highest BCUT2D eigenvalue weighted by atomic mass is 35.5. The SMILES string of the molecule is Cc1ccc([N+](=O)[O-])c(SC(C)CCCl)n1. The zero-order valence-electron chi connectivity index (χ0n) is 9.14. The first-order chi connectivity index (χ1) is 7.54. The van der Waals surface area contributed by atoms with Gasteiger partial charge >= 0.3 is 5.69 Å². The second kappa shape index (κ2) is 6.06. The minimum absolute atomic E-state index is 0.0667. The Kier molecular flexibility index (Phi) is 5.02. The molecule has 0 bridgehead atoms. The van der Waals surface area contributed by atoms with Crippen molar-refractivity contribution in [2.45, 2.75) is 30.5 Å². The number of hydrogen-bond acceptors (Lipinski definition) is 4. The first kappa shape index (κ1) is 13.3. The van der Waals surface area contributed by atoms with E-state index in [0.29, 0.717) is 10.9 Å².